The first kappa shape index (κ1) is 20.2. The van der Waals surface area contributed by atoms with Crippen LogP contribution in [0.25, 0.3) is 0 Å². The molecule has 2 amide bonds. The van der Waals surface area contributed by atoms with Gasteiger partial charge in [-0.2, -0.15) is 0 Å². The van der Waals surface area contributed by atoms with E-state index in [1.54, 1.807) is 0 Å². The van der Waals surface area contributed by atoms with E-state index in [4.69, 9.17) is 0 Å². The number of nitrogens with zero attached hydrogens (tertiary/aromatic N) is 3. The average Bonchev–Trinajstić information content (AvgIpc) is 3.11. The van der Waals surface area contributed by atoms with Gasteiger partial charge in [-0.3, -0.25) is 19.4 Å². The van der Waals surface area contributed by atoms with Gasteiger partial charge in [-0.15, -0.1) is 0 Å². The summed E-state index contributed by atoms with van der Waals surface area (Å²) in [6.07, 6.45) is 6.98. The van der Waals surface area contributed by atoms with Gasteiger partial charge in [0.25, 0.3) is 0 Å². The zero-order valence-electron chi connectivity index (χ0n) is 16.1. The van der Waals surface area contributed by atoms with Gasteiger partial charge < -0.3 is 10.2 Å². The van der Waals surface area contributed by atoms with E-state index in [0.29, 0.717) is 13.1 Å². The van der Waals surface area contributed by atoms with Crippen LogP contribution in [0.5, 0.6) is 0 Å². The molecule has 1 unspecified atom stereocenters. The smallest absolute Gasteiger partial charge is 0.236 e. The van der Waals surface area contributed by atoms with Gasteiger partial charge in [-0.05, 0) is 26.2 Å². The molecule has 0 bridgehead atoms. The maximum atomic E-state index is 12.2. The van der Waals surface area contributed by atoms with Crippen molar-refractivity contribution in [3.63, 3.8) is 0 Å². The van der Waals surface area contributed by atoms with Crippen molar-refractivity contribution < 1.29 is 9.59 Å². The Balaban J connectivity index is 1.59. The van der Waals surface area contributed by atoms with Gasteiger partial charge in [-0.1, -0.05) is 26.2 Å². The van der Waals surface area contributed by atoms with Crippen LogP contribution in [0.3, 0.4) is 0 Å². The highest BCUT2D eigenvalue weighted by molar-refractivity contribution is 5.79. The Bertz CT molecular complexity index is 416. The lowest BCUT2D eigenvalue weighted by molar-refractivity contribution is -0.132. The number of unbranched alkanes of at least 4 members (excludes halogenated alkanes) is 2. The molecule has 0 saturated carbocycles. The van der Waals surface area contributed by atoms with Gasteiger partial charge in [0.1, 0.15) is 0 Å². The van der Waals surface area contributed by atoms with E-state index in [0.717, 1.165) is 58.5 Å². The Morgan fingerprint density at radius 2 is 1.52 bits per heavy atom. The van der Waals surface area contributed by atoms with Crippen molar-refractivity contribution >= 4 is 11.8 Å². The molecule has 0 radical (unpaired) electrons. The summed E-state index contributed by atoms with van der Waals surface area (Å²) in [7, 11) is 0. The van der Waals surface area contributed by atoms with Gasteiger partial charge in [0.15, 0.2) is 0 Å². The van der Waals surface area contributed by atoms with Gasteiger partial charge in [0.2, 0.25) is 11.8 Å². The number of carbonyl (C=O) groups is 2. The Labute approximate surface area is 152 Å². The van der Waals surface area contributed by atoms with Crippen molar-refractivity contribution in [3.8, 4) is 0 Å². The fraction of sp³-hybridized carbons (Fsp3) is 0.895. The lowest BCUT2D eigenvalue weighted by Crippen LogP contribution is -2.52. The largest absolute Gasteiger partial charge is 0.353 e. The summed E-state index contributed by atoms with van der Waals surface area (Å²) in [6, 6.07) is 0.262. The summed E-state index contributed by atoms with van der Waals surface area (Å²) >= 11 is 0. The molecule has 2 aliphatic rings. The fourth-order valence-corrected chi connectivity index (χ4v) is 3.66. The second-order valence-corrected chi connectivity index (χ2v) is 7.60. The summed E-state index contributed by atoms with van der Waals surface area (Å²) in [5.74, 6) is 0.398. The zero-order chi connectivity index (χ0) is 18.1. The lowest BCUT2D eigenvalue weighted by atomic mass is 10.1. The number of rotatable bonds is 9. The van der Waals surface area contributed by atoms with Crippen molar-refractivity contribution in [2.75, 3.05) is 52.4 Å². The third kappa shape index (κ3) is 7.32. The van der Waals surface area contributed by atoms with Gasteiger partial charge in [0, 0.05) is 45.3 Å². The Kier molecular flexibility index (Phi) is 8.68. The van der Waals surface area contributed by atoms with Crippen molar-refractivity contribution in [2.24, 2.45) is 0 Å². The van der Waals surface area contributed by atoms with E-state index in [1.807, 2.05) is 4.90 Å². The molecule has 25 heavy (non-hydrogen) atoms. The number of likely N-dealkylation sites (tertiary alicyclic amines) is 1. The number of nitrogens with one attached hydrogen (secondary N) is 1. The fourth-order valence-electron chi connectivity index (χ4n) is 3.66. The predicted octanol–water partition coefficient (Wildman–Crippen LogP) is 1.31. The van der Waals surface area contributed by atoms with Crippen molar-refractivity contribution in [1.29, 1.82) is 0 Å². The average molecular weight is 353 g/mol. The SMILES string of the molecule is CCCCCC(C)NC(=O)CN1CCN(CC(=O)N2CCCC2)CC1. The zero-order valence-corrected chi connectivity index (χ0v) is 16.1. The van der Waals surface area contributed by atoms with Crippen molar-refractivity contribution in [1.82, 2.24) is 20.0 Å². The van der Waals surface area contributed by atoms with Crippen LogP contribution >= 0.6 is 0 Å². The third-order valence-corrected chi connectivity index (χ3v) is 5.30. The molecule has 6 nitrogen and oxygen atoms in total. The highest BCUT2D eigenvalue weighted by Crippen LogP contribution is 2.09. The summed E-state index contributed by atoms with van der Waals surface area (Å²) in [6.45, 7) is 10.6. The van der Waals surface area contributed by atoms with Crippen LogP contribution in [0.15, 0.2) is 0 Å². The topological polar surface area (TPSA) is 55.9 Å². The van der Waals surface area contributed by atoms with Crippen LogP contribution < -0.4 is 5.32 Å². The van der Waals surface area contributed by atoms with Gasteiger partial charge >= 0.3 is 0 Å². The summed E-state index contributed by atoms with van der Waals surface area (Å²) in [5.41, 5.74) is 0. The molecule has 2 rings (SSSR count). The summed E-state index contributed by atoms with van der Waals surface area (Å²) in [4.78, 5) is 30.8. The number of hydrogen-bond donors (Lipinski definition) is 1. The number of carbonyl (C=O) groups excluding carboxylic acids is 2. The minimum atomic E-state index is 0.130. The Hall–Kier alpha value is -1.14. The molecule has 2 fully saturated rings. The monoisotopic (exact) mass is 352 g/mol. The molecule has 1 atom stereocenters. The molecular weight excluding hydrogens is 316 g/mol. The molecule has 0 aromatic carbocycles. The molecule has 6 heteroatoms. The van der Waals surface area contributed by atoms with Gasteiger partial charge in [0.05, 0.1) is 13.1 Å². The second-order valence-electron chi connectivity index (χ2n) is 7.60. The first-order valence-corrected chi connectivity index (χ1v) is 10.1. The number of amides is 2. The van der Waals surface area contributed by atoms with Crippen molar-refractivity contribution in [3.05, 3.63) is 0 Å². The molecular formula is C19H36N4O2. The molecule has 2 saturated heterocycles. The molecule has 2 aliphatic heterocycles. The standard InChI is InChI=1S/C19H36N4O2/c1-3-4-5-8-17(2)20-18(24)15-21-11-13-22(14-12-21)16-19(25)23-9-6-7-10-23/h17H,3-16H2,1-2H3,(H,20,24). The van der Waals surface area contributed by atoms with Crippen LogP contribution in [0.4, 0.5) is 0 Å². The summed E-state index contributed by atoms with van der Waals surface area (Å²) in [5, 5.41) is 3.11. The lowest BCUT2D eigenvalue weighted by Gasteiger charge is -2.34. The van der Waals surface area contributed by atoms with Crippen LogP contribution in [0.1, 0.15) is 52.4 Å². The maximum absolute atomic E-state index is 12.2. The Morgan fingerprint density at radius 3 is 2.12 bits per heavy atom. The molecule has 0 spiro atoms. The molecule has 0 aromatic heterocycles. The predicted molar refractivity (Wildman–Crippen MR) is 100 cm³/mol. The molecule has 0 aromatic rings. The number of piperazine rings is 1. The molecule has 2 heterocycles. The van der Waals surface area contributed by atoms with E-state index in [-0.39, 0.29) is 17.9 Å². The molecule has 1 N–H and O–H groups in total. The van der Waals surface area contributed by atoms with Crippen LogP contribution in [0, 0.1) is 0 Å². The highest BCUT2D eigenvalue weighted by atomic mass is 16.2. The van der Waals surface area contributed by atoms with Crippen LogP contribution in [-0.4, -0.2) is 84.9 Å². The first-order valence-electron chi connectivity index (χ1n) is 10.1. The van der Waals surface area contributed by atoms with Crippen molar-refractivity contribution in [2.45, 2.75) is 58.4 Å². The summed E-state index contributed by atoms with van der Waals surface area (Å²) < 4.78 is 0. The normalized spacial score (nSPS) is 20.6. The highest BCUT2D eigenvalue weighted by Gasteiger charge is 2.24. The number of hydrogen-bond acceptors (Lipinski definition) is 4. The van der Waals surface area contributed by atoms with E-state index < -0.39 is 0 Å². The van der Waals surface area contributed by atoms with Gasteiger partial charge in [-0.25, -0.2) is 0 Å². The first-order chi connectivity index (χ1) is 12.1. The van der Waals surface area contributed by atoms with Crippen LogP contribution in [0.2, 0.25) is 0 Å². The molecule has 0 aliphatic carbocycles. The minimum absolute atomic E-state index is 0.130. The second kappa shape index (κ2) is 10.8. The Morgan fingerprint density at radius 1 is 0.920 bits per heavy atom. The third-order valence-electron chi connectivity index (χ3n) is 5.30. The van der Waals surface area contributed by atoms with Crippen LogP contribution in [-0.2, 0) is 9.59 Å². The van der Waals surface area contributed by atoms with E-state index in [9.17, 15) is 9.59 Å². The van der Waals surface area contributed by atoms with E-state index >= 15 is 0 Å². The quantitative estimate of drug-likeness (QED) is 0.636. The molecule has 144 valence electrons. The van der Waals surface area contributed by atoms with E-state index in [2.05, 4.69) is 29.0 Å². The maximum Gasteiger partial charge on any atom is 0.236 e. The van der Waals surface area contributed by atoms with E-state index in [1.165, 1.54) is 19.3 Å². The minimum Gasteiger partial charge on any atom is -0.353 e.